The van der Waals surface area contributed by atoms with E-state index in [-0.39, 0.29) is 6.04 Å². The lowest BCUT2D eigenvalue weighted by atomic mass is 10.2. The molecule has 1 unspecified atom stereocenters. The Balaban J connectivity index is 2.40. The molecule has 0 heterocycles. The van der Waals surface area contributed by atoms with E-state index in [4.69, 9.17) is 15.2 Å². The Morgan fingerprint density at radius 2 is 1.95 bits per heavy atom. The molecule has 0 spiro atoms. The zero-order valence-corrected chi connectivity index (χ0v) is 13.1. The van der Waals surface area contributed by atoms with Gasteiger partial charge in [-0.15, -0.1) is 0 Å². The summed E-state index contributed by atoms with van der Waals surface area (Å²) in [5, 5.41) is 6.34. The third kappa shape index (κ3) is 7.53. The highest BCUT2D eigenvalue weighted by Gasteiger charge is 2.01. The number of aliphatic imine (C=N–C) groups is 1. The molecule has 21 heavy (non-hydrogen) atoms. The van der Waals surface area contributed by atoms with Crippen LogP contribution in [0.25, 0.3) is 0 Å². The van der Waals surface area contributed by atoms with Gasteiger partial charge >= 0.3 is 0 Å². The van der Waals surface area contributed by atoms with Gasteiger partial charge in [0.15, 0.2) is 5.96 Å². The van der Waals surface area contributed by atoms with E-state index in [9.17, 15) is 0 Å². The molecule has 0 saturated heterocycles. The van der Waals surface area contributed by atoms with Gasteiger partial charge in [0.1, 0.15) is 0 Å². The van der Waals surface area contributed by atoms with Crippen molar-refractivity contribution in [1.29, 1.82) is 0 Å². The first kappa shape index (κ1) is 17.3. The van der Waals surface area contributed by atoms with Crippen molar-refractivity contribution in [2.75, 3.05) is 39.3 Å². The third-order valence-corrected chi connectivity index (χ3v) is 2.83. The van der Waals surface area contributed by atoms with E-state index >= 15 is 0 Å². The van der Waals surface area contributed by atoms with E-state index in [1.165, 1.54) is 0 Å². The van der Waals surface area contributed by atoms with Crippen molar-refractivity contribution >= 4 is 11.6 Å². The highest BCUT2D eigenvalue weighted by molar-refractivity contribution is 5.78. The van der Waals surface area contributed by atoms with Gasteiger partial charge in [-0.25, -0.2) is 4.99 Å². The molecule has 118 valence electrons. The monoisotopic (exact) mass is 294 g/mol. The summed E-state index contributed by atoms with van der Waals surface area (Å²) in [6.45, 7) is 4.62. The van der Waals surface area contributed by atoms with Crippen molar-refractivity contribution in [1.82, 2.24) is 5.32 Å². The number of hydrogen-bond acceptors (Lipinski definition) is 4. The number of nitrogens with zero attached hydrogens (tertiary/aromatic N) is 1. The average molecular weight is 294 g/mol. The van der Waals surface area contributed by atoms with Gasteiger partial charge in [0, 0.05) is 32.5 Å². The molecule has 1 aromatic rings. The lowest BCUT2D eigenvalue weighted by molar-refractivity contribution is 0.179. The van der Waals surface area contributed by atoms with Crippen LogP contribution in [0.3, 0.4) is 0 Å². The van der Waals surface area contributed by atoms with E-state index in [0.717, 1.165) is 17.8 Å². The first-order valence-corrected chi connectivity index (χ1v) is 7.03. The number of rotatable bonds is 9. The first-order chi connectivity index (χ1) is 10.2. The number of ether oxygens (including phenoxy) is 2. The molecule has 0 amide bonds. The molecule has 0 bridgehead atoms. The second kappa shape index (κ2) is 10.0. The maximum atomic E-state index is 5.82. The molecule has 6 heteroatoms. The highest BCUT2D eigenvalue weighted by Crippen LogP contribution is 2.09. The Labute approximate surface area is 126 Å². The fourth-order valence-electron chi connectivity index (χ4n) is 1.79. The quantitative estimate of drug-likeness (QED) is 0.362. The molecule has 0 fully saturated rings. The van der Waals surface area contributed by atoms with Gasteiger partial charge in [-0.1, -0.05) is 12.1 Å². The average Bonchev–Trinajstić information content (AvgIpc) is 2.47. The van der Waals surface area contributed by atoms with Gasteiger partial charge in [-0.05, 0) is 24.6 Å². The number of guanidine groups is 1. The summed E-state index contributed by atoms with van der Waals surface area (Å²) in [6.07, 6.45) is 0. The first-order valence-electron chi connectivity index (χ1n) is 7.03. The molecule has 0 aromatic heterocycles. The zero-order chi connectivity index (χ0) is 15.5. The molecule has 0 aliphatic heterocycles. The fourth-order valence-corrected chi connectivity index (χ4v) is 1.79. The van der Waals surface area contributed by atoms with Gasteiger partial charge < -0.3 is 25.8 Å². The lowest BCUT2D eigenvalue weighted by Gasteiger charge is -2.13. The molecular formula is C15H26N4O2. The molecule has 4 N–H and O–H groups in total. The number of methoxy groups -OCH3 is 2. The van der Waals surface area contributed by atoms with Crippen LogP contribution in [0, 0.1) is 0 Å². The number of anilines is 1. The van der Waals surface area contributed by atoms with Crippen LogP contribution < -0.4 is 16.4 Å². The molecule has 6 nitrogen and oxygen atoms in total. The predicted octanol–water partition coefficient (Wildman–Crippen LogP) is 1.18. The van der Waals surface area contributed by atoms with Gasteiger partial charge in [0.05, 0.1) is 19.8 Å². The summed E-state index contributed by atoms with van der Waals surface area (Å²) in [5.74, 6) is 0.432. The number of benzene rings is 1. The van der Waals surface area contributed by atoms with Gasteiger partial charge in [-0.2, -0.15) is 0 Å². The minimum absolute atomic E-state index is 0.145. The van der Waals surface area contributed by atoms with Crippen LogP contribution in [0.5, 0.6) is 0 Å². The summed E-state index contributed by atoms with van der Waals surface area (Å²) in [6, 6.07) is 8.26. The normalized spacial score (nSPS) is 13.0. The zero-order valence-electron chi connectivity index (χ0n) is 13.1. The molecule has 0 aliphatic carbocycles. The van der Waals surface area contributed by atoms with Crippen molar-refractivity contribution in [3.63, 3.8) is 0 Å². The summed E-state index contributed by atoms with van der Waals surface area (Å²) < 4.78 is 10.0. The lowest BCUT2D eigenvalue weighted by Crippen LogP contribution is -2.40. The minimum atomic E-state index is 0.145. The van der Waals surface area contributed by atoms with E-state index < -0.39 is 0 Å². The van der Waals surface area contributed by atoms with Crippen molar-refractivity contribution < 1.29 is 9.47 Å². The Morgan fingerprint density at radius 1 is 1.24 bits per heavy atom. The molecule has 0 aliphatic rings. The summed E-state index contributed by atoms with van der Waals surface area (Å²) in [4.78, 5) is 4.31. The van der Waals surface area contributed by atoms with E-state index in [0.29, 0.717) is 25.7 Å². The Bertz CT molecular complexity index is 420. The predicted molar refractivity (Wildman–Crippen MR) is 86.6 cm³/mol. The van der Waals surface area contributed by atoms with Crippen molar-refractivity contribution in [2.24, 2.45) is 10.7 Å². The van der Waals surface area contributed by atoms with Crippen molar-refractivity contribution in [3.8, 4) is 0 Å². The third-order valence-electron chi connectivity index (χ3n) is 2.83. The van der Waals surface area contributed by atoms with Gasteiger partial charge in [0.25, 0.3) is 0 Å². The van der Waals surface area contributed by atoms with Crippen LogP contribution in [-0.4, -0.2) is 46.0 Å². The van der Waals surface area contributed by atoms with Crippen molar-refractivity contribution in [2.45, 2.75) is 19.5 Å². The Morgan fingerprint density at radius 3 is 2.57 bits per heavy atom. The second-order valence-corrected chi connectivity index (χ2v) is 4.82. The van der Waals surface area contributed by atoms with Gasteiger partial charge in [0.2, 0.25) is 0 Å². The van der Waals surface area contributed by atoms with E-state index in [1.807, 2.05) is 31.2 Å². The standard InChI is InChI=1S/C15H26N4O2/c1-12(11-21-3)19-15(16)18-10-13-4-6-14(7-5-13)17-8-9-20-2/h4-7,12,17H,8-11H2,1-3H3,(H3,16,18,19). The molecule has 0 radical (unpaired) electrons. The smallest absolute Gasteiger partial charge is 0.189 e. The van der Waals surface area contributed by atoms with Gasteiger partial charge in [-0.3, -0.25) is 0 Å². The topological polar surface area (TPSA) is 80.9 Å². The minimum Gasteiger partial charge on any atom is -0.383 e. The van der Waals surface area contributed by atoms with Crippen LogP contribution >= 0.6 is 0 Å². The molecular weight excluding hydrogens is 268 g/mol. The Kier molecular flexibility index (Phi) is 8.23. The Hall–Kier alpha value is -1.79. The summed E-state index contributed by atoms with van der Waals surface area (Å²) >= 11 is 0. The maximum Gasteiger partial charge on any atom is 0.189 e. The second-order valence-electron chi connectivity index (χ2n) is 4.82. The SMILES string of the molecule is COCCNc1ccc(CN=C(N)NC(C)COC)cc1. The van der Waals surface area contributed by atoms with Crippen LogP contribution in [0.4, 0.5) is 5.69 Å². The molecule has 1 rings (SSSR count). The van der Waals surface area contributed by atoms with E-state index in [1.54, 1.807) is 14.2 Å². The number of hydrogen-bond donors (Lipinski definition) is 3. The van der Waals surface area contributed by atoms with Crippen LogP contribution in [-0.2, 0) is 16.0 Å². The van der Waals surface area contributed by atoms with Crippen LogP contribution in [0.1, 0.15) is 12.5 Å². The largest absolute Gasteiger partial charge is 0.383 e. The number of nitrogens with two attached hydrogens (primary N) is 1. The summed E-state index contributed by atoms with van der Waals surface area (Å²) in [5.41, 5.74) is 8.00. The van der Waals surface area contributed by atoms with Crippen LogP contribution in [0.15, 0.2) is 29.3 Å². The van der Waals surface area contributed by atoms with Crippen molar-refractivity contribution in [3.05, 3.63) is 29.8 Å². The molecule has 1 atom stereocenters. The molecule has 0 saturated carbocycles. The van der Waals surface area contributed by atoms with Crippen LogP contribution in [0.2, 0.25) is 0 Å². The fraction of sp³-hybridized carbons (Fsp3) is 0.533. The highest BCUT2D eigenvalue weighted by atomic mass is 16.5. The number of nitrogens with one attached hydrogen (secondary N) is 2. The summed E-state index contributed by atoms with van der Waals surface area (Å²) in [7, 11) is 3.35. The van der Waals surface area contributed by atoms with E-state index in [2.05, 4.69) is 15.6 Å². The molecule has 1 aromatic carbocycles. The maximum absolute atomic E-state index is 5.82.